The molecule has 0 bridgehead atoms. The molecule has 78 valence electrons. The minimum atomic E-state index is 0.112. The van der Waals surface area contributed by atoms with Crippen LogP contribution in [0.3, 0.4) is 0 Å². The van der Waals surface area contributed by atoms with E-state index in [1.165, 1.54) is 12.2 Å². The molecule has 0 radical (unpaired) electrons. The van der Waals surface area contributed by atoms with Gasteiger partial charge in [0.2, 0.25) is 0 Å². The first-order valence-electron chi connectivity index (χ1n) is 4.34. The number of carbonyl (C=O) groups excluding carboxylic acids is 1. The summed E-state index contributed by atoms with van der Waals surface area (Å²) in [6.07, 6.45) is 1.04. The van der Waals surface area contributed by atoms with Crippen LogP contribution in [0.1, 0.15) is 19.8 Å². The van der Waals surface area contributed by atoms with Crippen molar-refractivity contribution < 1.29 is 14.1 Å². The maximum atomic E-state index is 10.8. The van der Waals surface area contributed by atoms with Crippen LogP contribution < -0.4 is 0 Å². The Morgan fingerprint density at radius 3 is 2.85 bits per heavy atom. The Hall–Kier alpha value is -0.100. The summed E-state index contributed by atoms with van der Waals surface area (Å²) in [5, 5.41) is 8.55. The fourth-order valence-corrected chi connectivity index (χ4v) is 1.13. The van der Waals surface area contributed by atoms with Gasteiger partial charge >= 0.3 is 0 Å². The van der Waals surface area contributed by atoms with Crippen molar-refractivity contribution in [3.63, 3.8) is 0 Å². The van der Waals surface area contributed by atoms with E-state index in [9.17, 15) is 4.79 Å². The Kier molecular flexibility index (Phi) is 8.43. The lowest BCUT2D eigenvalue weighted by Crippen LogP contribution is -2.15. The third kappa shape index (κ3) is 8.24. The predicted molar refractivity (Wildman–Crippen MR) is 53.2 cm³/mol. The molecule has 0 aromatic heterocycles. The number of aliphatic hydroxyl groups excluding tert-OH is 1. The van der Waals surface area contributed by atoms with Gasteiger partial charge in [-0.05, 0) is 7.05 Å². The second-order valence-corrected chi connectivity index (χ2v) is 3.62. The maximum Gasteiger partial charge on any atom is 0.134 e. The van der Waals surface area contributed by atoms with Crippen LogP contribution >= 0.6 is 12.2 Å². The van der Waals surface area contributed by atoms with Crippen molar-refractivity contribution >= 4 is 18.0 Å². The molecule has 0 fully saturated rings. The summed E-state index contributed by atoms with van der Waals surface area (Å²) < 4.78 is 6.91. The number of aliphatic hydroxyl groups is 1. The van der Waals surface area contributed by atoms with E-state index in [0.29, 0.717) is 26.0 Å². The molecular weight excluding hydrogens is 190 g/mol. The summed E-state index contributed by atoms with van der Waals surface area (Å²) in [6.45, 7) is 2.95. The number of nitrogens with zero attached hydrogens (tertiary/aromatic N) is 1. The Balaban J connectivity index is 3.20. The SMILES string of the molecule is CCC(=O)CCOSN(C)CCO. The Morgan fingerprint density at radius 2 is 2.31 bits per heavy atom. The van der Waals surface area contributed by atoms with Gasteiger partial charge in [0.15, 0.2) is 0 Å². The first-order valence-corrected chi connectivity index (χ1v) is 5.03. The van der Waals surface area contributed by atoms with Crippen LogP contribution in [0.5, 0.6) is 0 Å². The van der Waals surface area contributed by atoms with Crippen LogP contribution in [0.25, 0.3) is 0 Å². The average molecular weight is 207 g/mol. The number of ketones is 1. The maximum absolute atomic E-state index is 10.8. The van der Waals surface area contributed by atoms with E-state index in [4.69, 9.17) is 9.29 Å². The van der Waals surface area contributed by atoms with Gasteiger partial charge in [-0.15, -0.1) is 0 Å². The second kappa shape index (κ2) is 8.50. The molecule has 0 aliphatic heterocycles. The molecule has 4 nitrogen and oxygen atoms in total. The highest BCUT2D eigenvalue weighted by molar-refractivity contribution is 7.92. The number of rotatable bonds is 8. The third-order valence-corrected chi connectivity index (χ3v) is 2.16. The molecule has 0 heterocycles. The second-order valence-electron chi connectivity index (χ2n) is 2.61. The molecule has 0 aliphatic carbocycles. The first-order chi connectivity index (χ1) is 6.20. The molecule has 0 aromatic carbocycles. The topological polar surface area (TPSA) is 49.8 Å². The lowest BCUT2D eigenvalue weighted by atomic mass is 10.2. The molecule has 0 rings (SSSR count). The quantitative estimate of drug-likeness (QED) is 0.363. The Bertz CT molecular complexity index is 143. The summed E-state index contributed by atoms with van der Waals surface area (Å²) in [5.74, 6) is 0.213. The van der Waals surface area contributed by atoms with Gasteiger partial charge < -0.3 is 9.29 Å². The zero-order chi connectivity index (χ0) is 10.1. The van der Waals surface area contributed by atoms with Gasteiger partial charge in [-0.3, -0.25) is 4.79 Å². The summed E-state index contributed by atoms with van der Waals surface area (Å²) in [7, 11) is 1.82. The molecule has 1 N–H and O–H groups in total. The van der Waals surface area contributed by atoms with E-state index in [1.807, 2.05) is 14.0 Å². The van der Waals surface area contributed by atoms with Crippen molar-refractivity contribution in [3.8, 4) is 0 Å². The molecule has 0 atom stereocenters. The number of hydrogen-bond acceptors (Lipinski definition) is 5. The summed E-state index contributed by atoms with van der Waals surface area (Å²) >= 11 is 1.17. The minimum absolute atomic E-state index is 0.112. The van der Waals surface area contributed by atoms with Crippen molar-refractivity contribution in [3.05, 3.63) is 0 Å². The van der Waals surface area contributed by atoms with Gasteiger partial charge in [0.1, 0.15) is 5.78 Å². The van der Waals surface area contributed by atoms with Gasteiger partial charge in [0, 0.05) is 19.4 Å². The molecule has 13 heavy (non-hydrogen) atoms. The smallest absolute Gasteiger partial charge is 0.134 e. The standard InChI is InChI=1S/C8H17NO3S/c1-3-8(11)4-7-12-13-9(2)5-6-10/h10H,3-7H2,1-2H3. The molecule has 0 saturated carbocycles. The van der Waals surface area contributed by atoms with Crippen molar-refractivity contribution in [2.45, 2.75) is 19.8 Å². The number of likely N-dealkylation sites (N-methyl/N-ethyl adjacent to an activating group) is 1. The molecule has 5 heteroatoms. The number of hydrogen-bond donors (Lipinski definition) is 1. The predicted octanol–water partition coefficient (Wildman–Crippen LogP) is 0.859. The highest BCUT2D eigenvalue weighted by Gasteiger charge is 2.00. The fraction of sp³-hybridized carbons (Fsp3) is 0.875. The zero-order valence-corrected chi connectivity index (χ0v) is 8.97. The van der Waals surface area contributed by atoms with Crippen LogP contribution in [0.2, 0.25) is 0 Å². The monoisotopic (exact) mass is 207 g/mol. The summed E-state index contributed by atoms with van der Waals surface area (Å²) in [5.41, 5.74) is 0. The highest BCUT2D eigenvalue weighted by atomic mass is 32.2. The van der Waals surface area contributed by atoms with Gasteiger partial charge in [0.05, 0.1) is 25.4 Å². The third-order valence-electron chi connectivity index (χ3n) is 1.45. The Labute approximate surface area is 83.6 Å². The molecule has 0 amide bonds. The van der Waals surface area contributed by atoms with E-state index in [0.717, 1.165) is 0 Å². The average Bonchev–Trinajstić information content (AvgIpc) is 2.12. The van der Waals surface area contributed by atoms with E-state index in [2.05, 4.69) is 0 Å². The zero-order valence-electron chi connectivity index (χ0n) is 8.15. The minimum Gasteiger partial charge on any atom is -0.395 e. The lowest BCUT2D eigenvalue weighted by molar-refractivity contribution is -0.119. The summed E-state index contributed by atoms with van der Waals surface area (Å²) in [6, 6.07) is 0. The van der Waals surface area contributed by atoms with Crippen LogP contribution in [0.15, 0.2) is 0 Å². The van der Waals surface area contributed by atoms with Crippen molar-refractivity contribution in [1.29, 1.82) is 0 Å². The van der Waals surface area contributed by atoms with Crippen molar-refractivity contribution in [2.75, 3.05) is 26.8 Å². The van der Waals surface area contributed by atoms with E-state index < -0.39 is 0 Å². The van der Waals surface area contributed by atoms with Crippen molar-refractivity contribution in [1.82, 2.24) is 4.31 Å². The van der Waals surface area contributed by atoms with E-state index in [1.54, 1.807) is 4.31 Å². The van der Waals surface area contributed by atoms with E-state index >= 15 is 0 Å². The van der Waals surface area contributed by atoms with Crippen molar-refractivity contribution in [2.24, 2.45) is 0 Å². The van der Waals surface area contributed by atoms with Crippen LogP contribution in [0, 0.1) is 0 Å². The first kappa shape index (κ1) is 12.9. The molecule has 0 aromatic rings. The normalized spacial score (nSPS) is 10.8. The van der Waals surface area contributed by atoms with E-state index in [-0.39, 0.29) is 12.4 Å². The number of carbonyl (C=O) groups is 1. The van der Waals surface area contributed by atoms with Gasteiger partial charge in [-0.2, -0.15) is 0 Å². The fourth-order valence-electron chi connectivity index (χ4n) is 0.638. The van der Waals surface area contributed by atoms with Gasteiger partial charge in [-0.25, -0.2) is 4.31 Å². The van der Waals surface area contributed by atoms with Crippen LogP contribution in [-0.4, -0.2) is 42.0 Å². The Morgan fingerprint density at radius 1 is 1.62 bits per heavy atom. The highest BCUT2D eigenvalue weighted by Crippen LogP contribution is 2.07. The number of Topliss-reactive ketones (excluding diaryl/α,β-unsaturated/α-hetero) is 1. The van der Waals surface area contributed by atoms with Gasteiger partial charge in [0.25, 0.3) is 0 Å². The summed E-state index contributed by atoms with van der Waals surface area (Å²) in [4.78, 5) is 10.8. The largest absolute Gasteiger partial charge is 0.395 e. The molecule has 0 spiro atoms. The lowest BCUT2D eigenvalue weighted by Gasteiger charge is -2.11. The van der Waals surface area contributed by atoms with Gasteiger partial charge in [-0.1, -0.05) is 6.92 Å². The molecule has 0 aliphatic rings. The molecular formula is C8H17NO3S. The molecule has 0 saturated heterocycles. The molecule has 0 unspecified atom stereocenters. The van der Waals surface area contributed by atoms with Crippen LogP contribution in [-0.2, 0) is 8.98 Å². The van der Waals surface area contributed by atoms with Crippen LogP contribution in [0.4, 0.5) is 0 Å².